The fraction of sp³-hybridized carbons (Fsp3) is 0.250. The largest absolute Gasteiger partial charge is 0.573 e. The molecule has 0 aliphatic heterocycles. The first-order valence-corrected chi connectivity index (χ1v) is 9.32. The van der Waals surface area contributed by atoms with Crippen LogP contribution >= 0.6 is 0 Å². The van der Waals surface area contributed by atoms with Crippen LogP contribution in [-0.2, 0) is 11.3 Å². The molecular formula is C20H19F3N4O5. The van der Waals surface area contributed by atoms with Crippen LogP contribution in [0.1, 0.15) is 19.4 Å². The number of pyridine rings is 1. The molecule has 0 unspecified atom stereocenters. The van der Waals surface area contributed by atoms with Gasteiger partial charge in [0.2, 0.25) is 5.88 Å². The number of alkyl halides is 3. The molecule has 0 atom stereocenters. The summed E-state index contributed by atoms with van der Waals surface area (Å²) in [5.74, 6) is -0.654. The maximum absolute atomic E-state index is 12.7. The molecule has 3 aromatic rings. The number of benzene rings is 1. The zero-order valence-corrected chi connectivity index (χ0v) is 17.0. The van der Waals surface area contributed by atoms with Crippen molar-refractivity contribution in [1.82, 2.24) is 14.1 Å². The second kappa shape index (κ2) is 9.04. The average Bonchev–Trinajstić information content (AvgIpc) is 2.94. The van der Waals surface area contributed by atoms with Crippen LogP contribution in [0.3, 0.4) is 0 Å². The number of rotatable bonds is 6. The van der Waals surface area contributed by atoms with Crippen LogP contribution in [0.2, 0.25) is 0 Å². The van der Waals surface area contributed by atoms with Crippen molar-refractivity contribution in [2.75, 3.05) is 5.32 Å². The van der Waals surface area contributed by atoms with Crippen molar-refractivity contribution in [3.05, 3.63) is 64.8 Å². The van der Waals surface area contributed by atoms with E-state index in [0.717, 1.165) is 16.7 Å². The summed E-state index contributed by atoms with van der Waals surface area (Å²) in [5, 5.41) is 12.7. The van der Waals surface area contributed by atoms with E-state index in [1.54, 1.807) is 19.9 Å². The normalized spacial score (nSPS) is 11.4. The summed E-state index contributed by atoms with van der Waals surface area (Å²) in [5.41, 5.74) is 0.111. The van der Waals surface area contributed by atoms with E-state index in [1.165, 1.54) is 35.2 Å². The van der Waals surface area contributed by atoms with Gasteiger partial charge < -0.3 is 14.6 Å². The number of carbonyl (C=O) groups is 1. The molecule has 0 radical (unpaired) electrons. The van der Waals surface area contributed by atoms with Crippen molar-refractivity contribution in [2.45, 2.75) is 32.9 Å². The first kappa shape index (κ1) is 22.7. The van der Waals surface area contributed by atoms with E-state index in [9.17, 15) is 27.9 Å². The zero-order chi connectivity index (χ0) is 23.5. The van der Waals surface area contributed by atoms with Gasteiger partial charge in [0.05, 0.1) is 24.5 Å². The Labute approximate surface area is 179 Å². The number of ether oxygens (including phenoxy) is 2. The third kappa shape index (κ3) is 5.80. The number of hydrogen-bond acceptors (Lipinski definition) is 6. The topological polar surface area (TPSA) is 108 Å². The van der Waals surface area contributed by atoms with E-state index in [2.05, 4.69) is 15.0 Å². The third-order valence-electron chi connectivity index (χ3n) is 4.02. The van der Waals surface area contributed by atoms with Gasteiger partial charge >= 0.3 is 18.1 Å². The summed E-state index contributed by atoms with van der Waals surface area (Å²) in [7, 11) is 0. The molecule has 9 nitrogen and oxygen atoms in total. The Bertz CT molecular complexity index is 1150. The number of nitrogens with zero attached hydrogens (tertiary/aromatic N) is 3. The maximum atomic E-state index is 12.7. The van der Waals surface area contributed by atoms with E-state index >= 15 is 0 Å². The number of hydrogen-bond donors (Lipinski definition) is 2. The lowest BCUT2D eigenvalue weighted by Crippen LogP contribution is -2.23. The molecule has 0 saturated carbocycles. The minimum Gasteiger partial charge on any atom is -0.493 e. The molecule has 0 fully saturated rings. The highest BCUT2D eigenvalue weighted by atomic mass is 19.4. The molecule has 0 aliphatic rings. The monoisotopic (exact) mass is 452 g/mol. The Hall–Kier alpha value is -3.96. The predicted molar refractivity (Wildman–Crippen MR) is 107 cm³/mol. The highest BCUT2D eigenvalue weighted by Gasteiger charge is 2.31. The van der Waals surface area contributed by atoms with E-state index in [-0.39, 0.29) is 24.2 Å². The lowest BCUT2D eigenvalue weighted by molar-refractivity contribution is -0.274. The van der Waals surface area contributed by atoms with Gasteiger partial charge in [0.25, 0.3) is 0 Å². The predicted octanol–water partition coefficient (Wildman–Crippen LogP) is 3.64. The quantitative estimate of drug-likeness (QED) is 0.591. The molecule has 2 heterocycles. The summed E-state index contributed by atoms with van der Waals surface area (Å²) < 4.78 is 47.8. The van der Waals surface area contributed by atoms with Crippen molar-refractivity contribution < 1.29 is 32.5 Å². The molecule has 1 amide bonds. The van der Waals surface area contributed by atoms with Gasteiger partial charge in [0.15, 0.2) is 0 Å². The second-order valence-corrected chi connectivity index (χ2v) is 6.90. The fourth-order valence-corrected chi connectivity index (χ4v) is 2.82. The number of nitrogens with one attached hydrogen (secondary N) is 1. The summed E-state index contributed by atoms with van der Waals surface area (Å²) in [6.45, 7) is 3.43. The van der Waals surface area contributed by atoms with E-state index in [1.807, 2.05) is 0 Å². The van der Waals surface area contributed by atoms with E-state index in [0.29, 0.717) is 5.56 Å². The molecule has 1 aromatic carbocycles. The number of aromatic nitrogens is 3. The molecule has 0 bridgehead atoms. The number of imidazole rings is 1. The molecule has 0 spiro atoms. The molecule has 3 rings (SSSR count). The summed E-state index contributed by atoms with van der Waals surface area (Å²) in [6, 6.07) is 7.63. The van der Waals surface area contributed by atoms with Gasteiger partial charge in [-0.25, -0.2) is 19.1 Å². The molecule has 32 heavy (non-hydrogen) atoms. The van der Waals surface area contributed by atoms with Gasteiger partial charge in [-0.3, -0.25) is 9.88 Å². The van der Waals surface area contributed by atoms with Crippen LogP contribution in [0, 0.1) is 0 Å². The number of amides is 1. The average molecular weight is 452 g/mol. The summed E-state index contributed by atoms with van der Waals surface area (Å²) >= 11 is 0. The Morgan fingerprint density at radius 1 is 1.22 bits per heavy atom. The van der Waals surface area contributed by atoms with Gasteiger partial charge in [0.1, 0.15) is 11.6 Å². The van der Waals surface area contributed by atoms with Gasteiger partial charge in [0, 0.05) is 6.20 Å². The van der Waals surface area contributed by atoms with Crippen LogP contribution in [0.4, 0.5) is 23.8 Å². The van der Waals surface area contributed by atoms with Crippen LogP contribution in [0.25, 0.3) is 5.69 Å². The Balaban J connectivity index is 1.79. The Morgan fingerprint density at radius 3 is 2.53 bits per heavy atom. The van der Waals surface area contributed by atoms with E-state index in [4.69, 9.17) is 4.74 Å². The highest BCUT2D eigenvalue weighted by molar-refractivity contribution is 5.83. The maximum Gasteiger partial charge on any atom is 0.573 e. The Kier molecular flexibility index (Phi) is 6.42. The molecule has 12 heteroatoms. The van der Waals surface area contributed by atoms with Crippen LogP contribution < -0.4 is 15.7 Å². The smallest absolute Gasteiger partial charge is 0.493 e. The third-order valence-corrected chi connectivity index (χ3v) is 4.02. The zero-order valence-electron chi connectivity index (χ0n) is 17.0. The lowest BCUT2D eigenvalue weighted by Gasteiger charge is -2.10. The van der Waals surface area contributed by atoms with Crippen molar-refractivity contribution >= 4 is 11.9 Å². The lowest BCUT2D eigenvalue weighted by atomic mass is 10.2. The first-order valence-electron chi connectivity index (χ1n) is 9.32. The minimum absolute atomic E-state index is 0.0328. The van der Waals surface area contributed by atoms with Crippen molar-refractivity contribution in [1.29, 1.82) is 0 Å². The number of anilines is 1. The highest BCUT2D eigenvalue weighted by Crippen LogP contribution is 2.24. The molecule has 2 aromatic heterocycles. The van der Waals surface area contributed by atoms with Crippen molar-refractivity contribution in [3.8, 4) is 17.3 Å². The summed E-state index contributed by atoms with van der Waals surface area (Å²) in [6.07, 6.45) is -3.21. The first-order chi connectivity index (χ1) is 15.0. The van der Waals surface area contributed by atoms with Gasteiger partial charge in [-0.2, -0.15) is 0 Å². The van der Waals surface area contributed by atoms with Crippen LogP contribution in [-0.4, -0.2) is 37.8 Å². The van der Waals surface area contributed by atoms with Gasteiger partial charge in [-0.1, -0.05) is 0 Å². The van der Waals surface area contributed by atoms with Crippen LogP contribution in [0.5, 0.6) is 11.6 Å². The van der Waals surface area contributed by atoms with E-state index < -0.39 is 29.8 Å². The minimum atomic E-state index is -4.84. The number of carbonyl (C=O) groups excluding carboxylic acids is 1. The molecule has 0 aliphatic carbocycles. The summed E-state index contributed by atoms with van der Waals surface area (Å²) in [4.78, 5) is 28.5. The molecule has 0 saturated heterocycles. The van der Waals surface area contributed by atoms with Gasteiger partial charge in [-0.05, 0) is 55.8 Å². The number of halogens is 3. The molecule has 170 valence electrons. The van der Waals surface area contributed by atoms with Crippen molar-refractivity contribution in [3.63, 3.8) is 0 Å². The van der Waals surface area contributed by atoms with Gasteiger partial charge in [-0.15, -0.1) is 13.2 Å². The number of aromatic hydroxyl groups is 1. The Morgan fingerprint density at radius 2 is 1.91 bits per heavy atom. The van der Waals surface area contributed by atoms with Crippen LogP contribution in [0.15, 0.2) is 53.6 Å². The SMILES string of the molecule is CC(C)OC(=O)Nc1cc(Cn2cc(O)n(-c3ccc(OC(F)(F)F)cc3)c2=O)ccn1. The second-order valence-electron chi connectivity index (χ2n) is 6.90. The molecular weight excluding hydrogens is 433 g/mol. The standard InChI is InChI=1S/C20H19F3N4O5/c1-12(2)31-18(29)25-16-9-13(7-8-24-16)10-26-11-17(28)27(19(26)30)14-3-5-15(6-4-14)32-20(21,22)23/h3-9,11-12,28H,10H2,1-2H3,(H,24,25,29). The fourth-order valence-electron chi connectivity index (χ4n) is 2.82. The van der Waals surface area contributed by atoms with Crippen molar-refractivity contribution in [2.24, 2.45) is 0 Å². The molecule has 2 N–H and O–H groups in total.